The summed E-state index contributed by atoms with van der Waals surface area (Å²) in [5.74, 6) is -0.177. The first-order valence-corrected chi connectivity index (χ1v) is 9.30. The van der Waals surface area contributed by atoms with Crippen LogP contribution >= 0.6 is 0 Å². The molecule has 0 saturated carbocycles. The molecule has 0 aliphatic rings. The number of hydrogen-bond donors (Lipinski definition) is 1. The second kappa shape index (κ2) is 7.70. The van der Waals surface area contributed by atoms with Gasteiger partial charge in [-0.15, -0.1) is 0 Å². The van der Waals surface area contributed by atoms with Crippen molar-refractivity contribution in [2.24, 2.45) is 5.92 Å². The first-order chi connectivity index (χ1) is 10.9. The summed E-state index contributed by atoms with van der Waals surface area (Å²) in [6.07, 6.45) is 0.715. The van der Waals surface area contributed by atoms with E-state index in [0.717, 1.165) is 5.56 Å². The Bertz CT molecular complexity index is 712. The summed E-state index contributed by atoms with van der Waals surface area (Å²) in [6, 6.07) is 14.8. The van der Waals surface area contributed by atoms with Gasteiger partial charge in [0.15, 0.2) is 0 Å². The average Bonchev–Trinajstić information content (AvgIpc) is 2.49. The summed E-state index contributed by atoms with van der Waals surface area (Å²) in [6.45, 7) is 4.12. The molecule has 0 spiro atoms. The normalized spacial score (nSPS) is 13.2. The van der Waals surface area contributed by atoms with E-state index in [9.17, 15) is 12.8 Å². The fraction of sp³-hybridized carbons (Fsp3) is 0.333. The molecule has 0 radical (unpaired) electrons. The number of sulfonamides is 1. The number of hydrogen-bond acceptors (Lipinski definition) is 2. The minimum absolute atomic E-state index is 0.158. The van der Waals surface area contributed by atoms with Crippen molar-refractivity contribution < 1.29 is 12.8 Å². The van der Waals surface area contributed by atoms with Gasteiger partial charge in [-0.2, -0.15) is 0 Å². The van der Waals surface area contributed by atoms with Crippen LogP contribution in [0, 0.1) is 11.7 Å². The van der Waals surface area contributed by atoms with E-state index < -0.39 is 10.0 Å². The number of rotatable bonds is 7. The first-order valence-electron chi connectivity index (χ1n) is 7.65. The van der Waals surface area contributed by atoms with Crippen molar-refractivity contribution in [3.05, 3.63) is 71.5 Å². The van der Waals surface area contributed by atoms with Gasteiger partial charge >= 0.3 is 0 Å². The average molecular weight is 335 g/mol. The Morgan fingerprint density at radius 1 is 1.00 bits per heavy atom. The first kappa shape index (κ1) is 17.6. The topological polar surface area (TPSA) is 46.2 Å². The SMILES string of the molecule is CC(C)C[C@H](NS(=O)(=O)Cc1ccc(F)cc1)c1ccccc1. The molecule has 2 rings (SSSR count). The number of halogens is 1. The van der Waals surface area contributed by atoms with E-state index in [0.29, 0.717) is 17.9 Å². The Morgan fingerprint density at radius 2 is 1.61 bits per heavy atom. The number of nitrogens with one attached hydrogen (secondary N) is 1. The van der Waals surface area contributed by atoms with Crippen LogP contribution in [-0.2, 0) is 15.8 Å². The third-order valence-corrected chi connectivity index (χ3v) is 4.86. The Balaban J connectivity index is 2.15. The molecule has 0 saturated heterocycles. The van der Waals surface area contributed by atoms with Crippen LogP contribution in [0.15, 0.2) is 54.6 Å². The standard InChI is InChI=1S/C18H22FNO2S/c1-14(2)12-18(16-6-4-3-5-7-16)20-23(21,22)13-15-8-10-17(19)11-9-15/h3-11,14,18,20H,12-13H2,1-2H3/t18-/m0/s1. The lowest BCUT2D eigenvalue weighted by molar-refractivity contribution is 0.471. The minimum atomic E-state index is -3.51. The summed E-state index contributed by atoms with van der Waals surface area (Å²) < 4.78 is 40.6. The lowest BCUT2D eigenvalue weighted by Gasteiger charge is -2.21. The maximum atomic E-state index is 12.9. The molecule has 124 valence electrons. The molecule has 2 aromatic rings. The van der Waals surface area contributed by atoms with Gasteiger partial charge < -0.3 is 0 Å². The monoisotopic (exact) mass is 335 g/mol. The highest BCUT2D eigenvalue weighted by Gasteiger charge is 2.20. The number of benzene rings is 2. The van der Waals surface area contributed by atoms with Gasteiger partial charge in [0.1, 0.15) is 5.82 Å². The van der Waals surface area contributed by atoms with Crippen molar-refractivity contribution in [3.63, 3.8) is 0 Å². The molecule has 2 aromatic carbocycles. The van der Waals surface area contributed by atoms with Crippen LogP contribution in [0.4, 0.5) is 4.39 Å². The molecule has 0 unspecified atom stereocenters. The molecule has 0 aliphatic carbocycles. The maximum Gasteiger partial charge on any atom is 0.216 e. The van der Waals surface area contributed by atoms with Crippen molar-refractivity contribution >= 4 is 10.0 Å². The fourth-order valence-electron chi connectivity index (χ4n) is 2.47. The quantitative estimate of drug-likeness (QED) is 0.830. The van der Waals surface area contributed by atoms with E-state index in [1.807, 2.05) is 30.3 Å². The smallest absolute Gasteiger partial charge is 0.212 e. The Kier molecular flexibility index (Phi) is 5.91. The van der Waals surface area contributed by atoms with E-state index in [-0.39, 0.29) is 17.6 Å². The predicted molar refractivity (Wildman–Crippen MR) is 90.8 cm³/mol. The molecule has 3 nitrogen and oxygen atoms in total. The molecule has 1 atom stereocenters. The van der Waals surface area contributed by atoms with Crippen LogP contribution < -0.4 is 4.72 Å². The van der Waals surface area contributed by atoms with Crippen LogP contribution in [0.3, 0.4) is 0 Å². The van der Waals surface area contributed by atoms with Crippen molar-refractivity contribution in [3.8, 4) is 0 Å². The van der Waals surface area contributed by atoms with E-state index in [2.05, 4.69) is 18.6 Å². The van der Waals surface area contributed by atoms with Gasteiger partial charge in [-0.25, -0.2) is 17.5 Å². The molecule has 0 amide bonds. The second-order valence-electron chi connectivity index (χ2n) is 6.10. The molecule has 0 fully saturated rings. The van der Waals surface area contributed by atoms with E-state index in [1.165, 1.54) is 24.3 Å². The molecule has 0 aromatic heterocycles. The van der Waals surface area contributed by atoms with Crippen molar-refractivity contribution in [2.75, 3.05) is 0 Å². The second-order valence-corrected chi connectivity index (χ2v) is 7.85. The van der Waals surface area contributed by atoms with Gasteiger partial charge in [0.05, 0.1) is 5.75 Å². The van der Waals surface area contributed by atoms with E-state index in [4.69, 9.17) is 0 Å². The van der Waals surface area contributed by atoms with Crippen LogP contribution in [0.2, 0.25) is 0 Å². The molecular weight excluding hydrogens is 313 g/mol. The summed E-state index contributed by atoms with van der Waals surface area (Å²) in [5.41, 5.74) is 1.51. The summed E-state index contributed by atoms with van der Waals surface area (Å²) in [5, 5.41) is 0. The molecule has 0 aliphatic heterocycles. The third-order valence-electron chi connectivity index (χ3n) is 3.50. The van der Waals surface area contributed by atoms with Gasteiger partial charge in [-0.3, -0.25) is 0 Å². The third kappa shape index (κ3) is 5.77. The lowest BCUT2D eigenvalue weighted by atomic mass is 9.98. The zero-order valence-electron chi connectivity index (χ0n) is 13.4. The zero-order valence-corrected chi connectivity index (χ0v) is 14.2. The van der Waals surface area contributed by atoms with Crippen molar-refractivity contribution in [1.82, 2.24) is 4.72 Å². The molecule has 1 N–H and O–H groups in total. The van der Waals surface area contributed by atoms with Gasteiger partial charge in [0.25, 0.3) is 0 Å². The van der Waals surface area contributed by atoms with Gasteiger partial charge in [-0.1, -0.05) is 56.3 Å². The Morgan fingerprint density at radius 3 is 2.17 bits per heavy atom. The highest BCUT2D eigenvalue weighted by Crippen LogP contribution is 2.22. The molecule has 0 heterocycles. The molecule has 5 heteroatoms. The van der Waals surface area contributed by atoms with Crippen LogP contribution in [0.1, 0.15) is 37.4 Å². The van der Waals surface area contributed by atoms with Crippen LogP contribution in [-0.4, -0.2) is 8.42 Å². The van der Waals surface area contributed by atoms with Crippen LogP contribution in [0.25, 0.3) is 0 Å². The van der Waals surface area contributed by atoms with Gasteiger partial charge in [-0.05, 0) is 35.6 Å². The maximum absolute atomic E-state index is 12.9. The lowest BCUT2D eigenvalue weighted by Crippen LogP contribution is -2.30. The van der Waals surface area contributed by atoms with E-state index in [1.54, 1.807) is 0 Å². The Hall–Kier alpha value is -1.72. The Labute approximate surface area is 137 Å². The minimum Gasteiger partial charge on any atom is -0.212 e. The summed E-state index contributed by atoms with van der Waals surface area (Å²) in [7, 11) is -3.51. The summed E-state index contributed by atoms with van der Waals surface area (Å²) >= 11 is 0. The highest BCUT2D eigenvalue weighted by molar-refractivity contribution is 7.88. The van der Waals surface area contributed by atoms with E-state index >= 15 is 0 Å². The van der Waals surface area contributed by atoms with Gasteiger partial charge in [0, 0.05) is 6.04 Å². The zero-order chi connectivity index (χ0) is 16.9. The van der Waals surface area contributed by atoms with Crippen molar-refractivity contribution in [1.29, 1.82) is 0 Å². The summed E-state index contributed by atoms with van der Waals surface area (Å²) in [4.78, 5) is 0. The van der Waals surface area contributed by atoms with Crippen molar-refractivity contribution in [2.45, 2.75) is 32.1 Å². The predicted octanol–water partition coefficient (Wildman–Crippen LogP) is 4.03. The van der Waals surface area contributed by atoms with Crippen LogP contribution in [0.5, 0.6) is 0 Å². The van der Waals surface area contributed by atoms with Gasteiger partial charge in [0.2, 0.25) is 10.0 Å². The fourth-order valence-corrected chi connectivity index (χ4v) is 3.85. The largest absolute Gasteiger partial charge is 0.216 e. The highest BCUT2D eigenvalue weighted by atomic mass is 32.2. The molecular formula is C18H22FNO2S. The molecule has 0 bridgehead atoms. The molecule has 23 heavy (non-hydrogen) atoms.